The van der Waals surface area contributed by atoms with Gasteiger partial charge in [-0.2, -0.15) is 17.6 Å². The number of pyridine rings is 1. The van der Waals surface area contributed by atoms with Gasteiger partial charge in [-0.05, 0) is 47.7 Å². The molecule has 40 heavy (non-hydrogen) atoms. The quantitative estimate of drug-likeness (QED) is 0.126. The molecule has 1 heterocycles. The Labute approximate surface area is 243 Å². The lowest BCUT2D eigenvalue weighted by molar-refractivity contribution is -0.253. The third kappa shape index (κ3) is 6.85. The number of carbonyl (C=O) groups excluding carboxylic acids is 1. The summed E-state index contributed by atoms with van der Waals surface area (Å²) in [7, 11) is 0. The molecule has 2 aromatic carbocycles. The number of aliphatic hydroxyl groups is 1. The van der Waals surface area contributed by atoms with Gasteiger partial charge in [0.2, 0.25) is 0 Å². The van der Waals surface area contributed by atoms with Crippen molar-refractivity contribution in [2.24, 2.45) is 0 Å². The number of nitrogens with zero attached hydrogens (tertiary/aromatic N) is 1. The Morgan fingerprint density at radius 2 is 1.77 bits per heavy atom. The van der Waals surface area contributed by atoms with Gasteiger partial charge in [-0.1, -0.05) is 84.0 Å². The summed E-state index contributed by atoms with van der Waals surface area (Å²) >= 11 is 2.20. The molecule has 214 valence electrons. The summed E-state index contributed by atoms with van der Waals surface area (Å²) in [6.07, 6.45) is -3.99. The first-order valence-electron chi connectivity index (χ1n) is 12.8. The van der Waals surface area contributed by atoms with Crippen molar-refractivity contribution in [3.05, 3.63) is 95.3 Å². The molecule has 1 fully saturated rings. The number of rotatable bonds is 11. The molecule has 2 amide bonds. The van der Waals surface area contributed by atoms with Gasteiger partial charge in [-0.15, -0.1) is 0 Å². The number of benzene rings is 2. The normalized spacial score (nSPS) is 16.4. The summed E-state index contributed by atoms with van der Waals surface area (Å²) < 4.78 is 58.6. The number of hydrogen-bond acceptors (Lipinski definition) is 4. The zero-order chi connectivity index (χ0) is 28.8. The summed E-state index contributed by atoms with van der Waals surface area (Å²) in [4.78, 5) is 18.3. The van der Waals surface area contributed by atoms with Gasteiger partial charge in [0.05, 0.1) is 17.8 Å². The average Bonchev–Trinajstić information content (AvgIpc) is 3.41. The number of hydrogen-bond donors (Lipinski definition) is 3. The van der Waals surface area contributed by atoms with E-state index in [1.165, 1.54) is 12.1 Å². The van der Waals surface area contributed by atoms with Crippen LogP contribution in [-0.4, -0.2) is 40.8 Å². The minimum Gasteiger partial charge on any atom is -0.428 e. The molecule has 11 heteroatoms. The van der Waals surface area contributed by atoms with Crippen molar-refractivity contribution in [3.63, 3.8) is 0 Å². The van der Waals surface area contributed by atoms with Crippen LogP contribution in [0, 0.1) is 0 Å². The maximum atomic E-state index is 13.8. The Morgan fingerprint density at radius 3 is 2.38 bits per heavy atom. The van der Waals surface area contributed by atoms with Crippen LogP contribution in [0.1, 0.15) is 48.1 Å². The Kier molecular flexibility index (Phi) is 9.55. The first-order valence-corrected chi connectivity index (χ1v) is 14.4. The number of ether oxygens (including phenoxy) is 1. The first kappa shape index (κ1) is 30.0. The van der Waals surface area contributed by atoms with Gasteiger partial charge >= 0.3 is 18.6 Å². The highest BCUT2D eigenvalue weighted by atomic mass is 127. The van der Waals surface area contributed by atoms with Crippen LogP contribution in [0.25, 0.3) is 0 Å². The van der Waals surface area contributed by atoms with E-state index in [9.17, 15) is 27.5 Å². The number of amides is 2. The van der Waals surface area contributed by atoms with Gasteiger partial charge in [0.25, 0.3) is 0 Å². The summed E-state index contributed by atoms with van der Waals surface area (Å²) in [5, 5.41) is 16.0. The predicted octanol–water partition coefficient (Wildman–Crippen LogP) is 6.34. The van der Waals surface area contributed by atoms with Crippen molar-refractivity contribution in [2.75, 3.05) is 6.61 Å². The van der Waals surface area contributed by atoms with E-state index in [1.54, 1.807) is 18.3 Å². The molecule has 0 bridgehead atoms. The maximum Gasteiger partial charge on any atom is 0.461 e. The maximum absolute atomic E-state index is 13.8. The van der Waals surface area contributed by atoms with Crippen LogP contribution in [0.2, 0.25) is 0 Å². The molecule has 0 aliphatic heterocycles. The summed E-state index contributed by atoms with van der Waals surface area (Å²) in [6.45, 7) is -0.235. The van der Waals surface area contributed by atoms with E-state index in [-0.39, 0.29) is 13.0 Å². The van der Waals surface area contributed by atoms with Gasteiger partial charge in [0.1, 0.15) is 11.3 Å². The molecule has 4 rings (SSSR count). The van der Waals surface area contributed by atoms with E-state index in [1.807, 2.05) is 36.4 Å². The molecule has 1 saturated carbocycles. The molecule has 0 radical (unpaired) electrons. The highest BCUT2D eigenvalue weighted by Gasteiger charge is 2.45. The molecule has 1 aliphatic carbocycles. The second kappa shape index (κ2) is 12.7. The summed E-state index contributed by atoms with van der Waals surface area (Å²) in [6, 6.07) is 17.6. The summed E-state index contributed by atoms with van der Waals surface area (Å²) in [5.74, 6) is -0.492. The van der Waals surface area contributed by atoms with Crippen LogP contribution in [0.4, 0.5) is 22.4 Å². The van der Waals surface area contributed by atoms with E-state index < -0.39 is 35.4 Å². The first-order chi connectivity index (χ1) is 19.1. The Balaban J connectivity index is 1.84. The smallest absolute Gasteiger partial charge is 0.428 e. The average molecular weight is 671 g/mol. The third-order valence-electron chi connectivity index (χ3n) is 7.13. The monoisotopic (exact) mass is 671 g/mol. The van der Waals surface area contributed by atoms with Gasteiger partial charge < -0.3 is 20.5 Å². The van der Waals surface area contributed by atoms with Gasteiger partial charge in [0.15, 0.2) is 0 Å². The molecule has 3 aromatic rings. The lowest BCUT2D eigenvalue weighted by atomic mass is 9.80. The van der Waals surface area contributed by atoms with Crippen molar-refractivity contribution in [3.8, 4) is 5.75 Å². The van der Waals surface area contributed by atoms with Crippen molar-refractivity contribution in [1.82, 2.24) is 15.6 Å². The Hall–Kier alpha value is -2.93. The molecular weight excluding hydrogens is 641 g/mol. The second-order valence-corrected chi connectivity index (χ2v) is 10.7. The highest BCUT2D eigenvalue weighted by Crippen LogP contribution is 2.37. The van der Waals surface area contributed by atoms with Crippen LogP contribution in [0.5, 0.6) is 5.75 Å². The zero-order valence-corrected chi connectivity index (χ0v) is 23.7. The molecule has 3 N–H and O–H groups in total. The minimum atomic E-state index is -4.71. The molecular formula is C29H30F4IN3O3. The molecule has 0 unspecified atom stereocenters. The van der Waals surface area contributed by atoms with Crippen LogP contribution in [-0.2, 0) is 16.4 Å². The molecule has 1 aliphatic rings. The standard InChI is InChI=1S/C29H30F4IN3O3/c30-25(31)29(32,33)40-23-10-6-9-22(15-23)28(16-20-7-2-1-3-8-20,24-12-11-21(17-34)18-35-24)37-26(39)36-27(19-38)13-4-5-14-27/h1-3,6-12,15,18,25,38H,4-5,13-14,16-17,19H2,(H2,36,37,39)/t28-/m1/s1. The van der Waals surface area contributed by atoms with Crippen LogP contribution in [0.15, 0.2) is 72.9 Å². The fraction of sp³-hybridized carbons (Fsp3) is 0.379. The number of alkyl halides is 5. The highest BCUT2D eigenvalue weighted by molar-refractivity contribution is 14.1. The predicted molar refractivity (Wildman–Crippen MR) is 151 cm³/mol. The van der Waals surface area contributed by atoms with E-state index in [0.29, 0.717) is 28.5 Å². The van der Waals surface area contributed by atoms with Crippen LogP contribution >= 0.6 is 22.6 Å². The van der Waals surface area contributed by atoms with Gasteiger partial charge in [0, 0.05) is 17.0 Å². The number of aromatic nitrogens is 1. The zero-order valence-electron chi connectivity index (χ0n) is 21.6. The fourth-order valence-corrected chi connectivity index (χ4v) is 5.50. The van der Waals surface area contributed by atoms with E-state index in [4.69, 9.17) is 0 Å². The number of carbonyl (C=O) groups is 1. The van der Waals surface area contributed by atoms with Crippen molar-refractivity contribution < 1.29 is 32.2 Å². The number of nitrogens with one attached hydrogen (secondary N) is 2. The molecule has 1 aromatic heterocycles. The van der Waals surface area contributed by atoms with Crippen molar-refractivity contribution in [2.45, 2.75) is 60.1 Å². The lowest BCUT2D eigenvalue weighted by Crippen LogP contribution is -2.58. The Bertz CT molecular complexity index is 1280. The third-order valence-corrected chi connectivity index (χ3v) is 8.01. The molecule has 0 spiro atoms. The minimum absolute atomic E-state index is 0.151. The van der Waals surface area contributed by atoms with Crippen LogP contribution < -0.4 is 15.4 Å². The lowest BCUT2D eigenvalue weighted by Gasteiger charge is -2.37. The van der Waals surface area contributed by atoms with Gasteiger partial charge in [-0.25, -0.2) is 4.79 Å². The van der Waals surface area contributed by atoms with E-state index >= 15 is 0 Å². The number of urea groups is 1. The topological polar surface area (TPSA) is 83.5 Å². The molecule has 1 atom stereocenters. The summed E-state index contributed by atoms with van der Waals surface area (Å²) in [5.41, 5.74) is 0.219. The second-order valence-electron chi connectivity index (χ2n) is 9.97. The fourth-order valence-electron chi connectivity index (χ4n) is 5.05. The van der Waals surface area contributed by atoms with E-state index in [2.05, 4.69) is 42.9 Å². The SMILES string of the molecule is O=C(NC1(CO)CCCC1)N[C@](Cc1ccccc1)(c1cccc(OC(F)(F)C(F)F)c1)c1ccc(CI)cn1. The van der Waals surface area contributed by atoms with E-state index in [0.717, 1.165) is 30.0 Å². The number of aliphatic hydroxyl groups excluding tert-OH is 1. The molecule has 6 nitrogen and oxygen atoms in total. The van der Waals surface area contributed by atoms with Gasteiger partial charge in [-0.3, -0.25) is 4.98 Å². The molecule has 0 saturated heterocycles. The van der Waals surface area contributed by atoms with Crippen LogP contribution in [0.3, 0.4) is 0 Å². The number of halogens is 5. The van der Waals surface area contributed by atoms with Crippen molar-refractivity contribution in [1.29, 1.82) is 0 Å². The van der Waals surface area contributed by atoms with Crippen molar-refractivity contribution >= 4 is 28.6 Å². The Morgan fingerprint density at radius 1 is 1.05 bits per heavy atom. The largest absolute Gasteiger partial charge is 0.461 e.